The molecule has 0 saturated heterocycles. The van der Waals surface area contributed by atoms with E-state index in [4.69, 9.17) is 0 Å². The summed E-state index contributed by atoms with van der Waals surface area (Å²) in [5, 5.41) is 6.12. The molecule has 5 nitrogen and oxygen atoms in total. The fourth-order valence-electron chi connectivity index (χ4n) is 2.59. The number of nitrogens with one attached hydrogen (secondary N) is 1. The molecular formula is C15H14F3N3O2. The fourth-order valence-corrected chi connectivity index (χ4v) is 2.59. The first-order valence-corrected chi connectivity index (χ1v) is 7.26. The number of carbonyl (C=O) groups excluding carboxylic acids is 1. The first-order valence-electron chi connectivity index (χ1n) is 7.26. The number of anilines is 1. The minimum absolute atomic E-state index is 0.0193. The number of carbonyl (C=O) groups is 1. The molecular weight excluding hydrogens is 311 g/mol. The van der Waals surface area contributed by atoms with Gasteiger partial charge in [0.25, 0.3) is 0 Å². The van der Waals surface area contributed by atoms with Gasteiger partial charge in [0, 0.05) is 17.2 Å². The van der Waals surface area contributed by atoms with Gasteiger partial charge in [0.2, 0.25) is 11.7 Å². The van der Waals surface area contributed by atoms with Gasteiger partial charge in [-0.25, -0.2) is 0 Å². The SMILES string of the molecule is O=C(Nc1ccc(-c2noc(C(F)(F)F)n2)cc1)C1CCCC1. The van der Waals surface area contributed by atoms with Crippen molar-refractivity contribution in [3.63, 3.8) is 0 Å². The largest absolute Gasteiger partial charge is 0.471 e. The van der Waals surface area contributed by atoms with Crippen molar-refractivity contribution in [1.82, 2.24) is 10.1 Å². The molecule has 1 aromatic carbocycles. The molecule has 23 heavy (non-hydrogen) atoms. The highest BCUT2D eigenvalue weighted by Crippen LogP contribution is 2.30. The van der Waals surface area contributed by atoms with E-state index >= 15 is 0 Å². The number of halogens is 3. The summed E-state index contributed by atoms with van der Waals surface area (Å²) < 4.78 is 41.5. The molecule has 1 aliphatic rings. The van der Waals surface area contributed by atoms with Gasteiger partial charge in [-0.1, -0.05) is 18.0 Å². The Morgan fingerprint density at radius 2 is 1.83 bits per heavy atom. The van der Waals surface area contributed by atoms with Gasteiger partial charge < -0.3 is 9.84 Å². The normalized spacial score (nSPS) is 15.8. The van der Waals surface area contributed by atoms with E-state index in [-0.39, 0.29) is 17.6 Å². The predicted molar refractivity (Wildman–Crippen MR) is 75.3 cm³/mol. The lowest BCUT2D eigenvalue weighted by atomic mass is 10.1. The third-order valence-electron chi connectivity index (χ3n) is 3.81. The Hall–Kier alpha value is -2.38. The summed E-state index contributed by atoms with van der Waals surface area (Å²) in [6, 6.07) is 6.28. The molecule has 0 radical (unpaired) electrons. The number of hydrogen-bond acceptors (Lipinski definition) is 4. The summed E-state index contributed by atoms with van der Waals surface area (Å²) in [6.45, 7) is 0. The van der Waals surface area contributed by atoms with E-state index in [0.717, 1.165) is 25.7 Å². The fraction of sp³-hybridized carbons (Fsp3) is 0.400. The maximum Gasteiger partial charge on any atom is 0.471 e. The molecule has 0 bridgehead atoms. The molecule has 1 fully saturated rings. The highest BCUT2D eigenvalue weighted by molar-refractivity contribution is 5.92. The van der Waals surface area contributed by atoms with Gasteiger partial charge in [0.1, 0.15) is 0 Å². The summed E-state index contributed by atoms with van der Waals surface area (Å²) >= 11 is 0. The van der Waals surface area contributed by atoms with Crippen LogP contribution in [0.25, 0.3) is 11.4 Å². The molecule has 1 saturated carbocycles. The van der Waals surface area contributed by atoms with E-state index in [1.165, 1.54) is 12.1 Å². The molecule has 1 N–H and O–H groups in total. The number of rotatable bonds is 3. The van der Waals surface area contributed by atoms with E-state index in [2.05, 4.69) is 20.0 Å². The minimum atomic E-state index is -4.67. The Morgan fingerprint density at radius 3 is 2.39 bits per heavy atom. The Bertz CT molecular complexity index is 689. The molecule has 1 heterocycles. The van der Waals surface area contributed by atoms with E-state index in [1.807, 2.05) is 0 Å². The van der Waals surface area contributed by atoms with Crippen LogP contribution in [0.15, 0.2) is 28.8 Å². The summed E-state index contributed by atoms with van der Waals surface area (Å²) in [7, 11) is 0. The third kappa shape index (κ3) is 3.52. The lowest BCUT2D eigenvalue weighted by Crippen LogP contribution is -2.20. The Balaban J connectivity index is 1.69. The van der Waals surface area contributed by atoms with Crippen molar-refractivity contribution in [1.29, 1.82) is 0 Å². The third-order valence-corrected chi connectivity index (χ3v) is 3.81. The van der Waals surface area contributed by atoms with Crippen molar-refractivity contribution < 1.29 is 22.5 Å². The van der Waals surface area contributed by atoms with Gasteiger partial charge in [-0.3, -0.25) is 4.79 Å². The highest BCUT2D eigenvalue weighted by Gasteiger charge is 2.38. The Labute approximate surface area is 129 Å². The minimum Gasteiger partial charge on any atom is -0.329 e. The zero-order chi connectivity index (χ0) is 16.4. The second-order valence-corrected chi connectivity index (χ2v) is 5.47. The average molecular weight is 325 g/mol. The maximum absolute atomic E-state index is 12.4. The molecule has 0 spiro atoms. The van der Waals surface area contributed by atoms with Crippen LogP contribution in [0.1, 0.15) is 31.6 Å². The van der Waals surface area contributed by atoms with Crippen LogP contribution in [-0.2, 0) is 11.0 Å². The number of nitrogens with zero attached hydrogens (tertiary/aromatic N) is 2. The Morgan fingerprint density at radius 1 is 1.17 bits per heavy atom. The van der Waals surface area contributed by atoms with Gasteiger partial charge in [0.15, 0.2) is 0 Å². The van der Waals surface area contributed by atoms with Crippen LogP contribution in [-0.4, -0.2) is 16.0 Å². The first-order chi connectivity index (χ1) is 10.9. The number of aromatic nitrogens is 2. The van der Waals surface area contributed by atoms with Crippen LogP contribution < -0.4 is 5.32 Å². The lowest BCUT2D eigenvalue weighted by Gasteiger charge is -2.10. The molecule has 0 atom stereocenters. The van der Waals surface area contributed by atoms with Crippen LogP contribution in [0.4, 0.5) is 18.9 Å². The number of alkyl halides is 3. The highest BCUT2D eigenvalue weighted by atomic mass is 19.4. The summed E-state index contributed by atoms with van der Waals surface area (Å²) in [5.41, 5.74) is 0.966. The van der Waals surface area contributed by atoms with E-state index in [9.17, 15) is 18.0 Å². The molecule has 8 heteroatoms. The zero-order valence-electron chi connectivity index (χ0n) is 12.1. The first kappa shape index (κ1) is 15.5. The maximum atomic E-state index is 12.4. The smallest absolute Gasteiger partial charge is 0.329 e. The second kappa shape index (κ2) is 6.02. The summed E-state index contributed by atoms with van der Waals surface area (Å²) in [6.07, 6.45) is -0.743. The van der Waals surface area contributed by atoms with Crippen molar-refractivity contribution in [2.45, 2.75) is 31.9 Å². The monoisotopic (exact) mass is 325 g/mol. The van der Waals surface area contributed by atoms with Crippen LogP contribution in [0.3, 0.4) is 0 Å². The van der Waals surface area contributed by atoms with Crippen LogP contribution in [0, 0.1) is 5.92 Å². The summed E-state index contributed by atoms with van der Waals surface area (Å²) in [5.74, 6) is -1.51. The quantitative estimate of drug-likeness (QED) is 0.930. The molecule has 122 valence electrons. The molecule has 2 aromatic rings. The van der Waals surface area contributed by atoms with E-state index < -0.39 is 12.1 Å². The predicted octanol–water partition coefficient (Wildman–Crippen LogP) is 3.88. The van der Waals surface area contributed by atoms with Gasteiger partial charge in [0.05, 0.1) is 0 Å². The molecule has 3 rings (SSSR count). The number of amides is 1. The lowest BCUT2D eigenvalue weighted by molar-refractivity contribution is -0.159. The average Bonchev–Trinajstić information content (AvgIpc) is 3.19. The number of benzene rings is 1. The van der Waals surface area contributed by atoms with Gasteiger partial charge in [-0.05, 0) is 37.1 Å². The van der Waals surface area contributed by atoms with Crippen LogP contribution in [0.2, 0.25) is 0 Å². The van der Waals surface area contributed by atoms with Crippen molar-refractivity contribution in [3.8, 4) is 11.4 Å². The van der Waals surface area contributed by atoms with E-state index in [0.29, 0.717) is 11.3 Å². The zero-order valence-corrected chi connectivity index (χ0v) is 12.1. The van der Waals surface area contributed by atoms with Crippen molar-refractivity contribution in [3.05, 3.63) is 30.2 Å². The molecule has 1 aromatic heterocycles. The Kier molecular flexibility index (Phi) is 4.06. The van der Waals surface area contributed by atoms with Gasteiger partial charge in [-0.2, -0.15) is 18.2 Å². The topological polar surface area (TPSA) is 68.0 Å². The van der Waals surface area contributed by atoms with E-state index in [1.54, 1.807) is 12.1 Å². The molecule has 0 unspecified atom stereocenters. The van der Waals surface area contributed by atoms with Crippen molar-refractivity contribution >= 4 is 11.6 Å². The van der Waals surface area contributed by atoms with Gasteiger partial charge in [-0.15, -0.1) is 0 Å². The van der Waals surface area contributed by atoms with Crippen LogP contribution in [0.5, 0.6) is 0 Å². The van der Waals surface area contributed by atoms with Crippen molar-refractivity contribution in [2.75, 3.05) is 5.32 Å². The summed E-state index contributed by atoms with van der Waals surface area (Å²) in [4.78, 5) is 15.3. The van der Waals surface area contributed by atoms with Crippen LogP contribution >= 0.6 is 0 Å². The van der Waals surface area contributed by atoms with Gasteiger partial charge >= 0.3 is 12.1 Å². The molecule has 1 aliphatic carbocycles. The molecule has 1 amide bonds. The molecule has 0 aliphatic heterocycles. The second-order valence-electron chi connectivity index (χ2n) is 5.47. The standard InChI is InChI=1S/C15H14F3N3O2/c16-15(17,18)14-20-12(21-23-14)9-5-7-11(8-6-9)19-13(22)10-3-1-2-4-10/h5-8,10H,1-4H2,(H,19,22). The van der Waals surface area contributed by atoms with Crippen molar-refractivity contribution in [2.24, 2.45) is 5.92 Å². The number of hydrogen-bond donors (Lipinski definition) is 1.